The zero-order valence-corrected chi connectivity index (χ0v) is 11.3. The van der Waals surface area contributed by atoms with E-state index in [-0.39, 0.29) is 12.3 Å². The number of thiazole rings is 1. The number of benzene rings is 1. The van der Waals surface area contributed by atoms with Crippen molar-refractivity contribution >= 4 is 33.4 Å². The number of amides is 1. The summed E-state index contributed by atoms with van der Waals surface area (Å²) in [5, 5.41) is 8.57. The number of hydrogen-bond acceptors (Lipinski definition) is 4. The number of carboxylic acid groups (broad SMARTS) is 1. The Kier molecular flexibility index (Phi) is 4.11. The second-order valence-electron chi connectivity index (χ2n) is 4.26. The molecule has 0 saturated carbocycles. The van der Waals surface area contributed by atoms with E-state index in [1.807, 2.05) is 12.1 Å². The van der Waals surface area contributed by atoms with Crippen molar-refractivity contribution in [2.75, 3.05) is 13.6 Å². The van der Waals surface area contributed by atoms with E-state index < -0.39 is 5.97 Å². The first kappa shape index (κ1) is 13.5. The molecule has 0 saturated heterocycles. The van der Waals surface area contributed by atoms with Gasteiger partial charge >= 0.3 is 5.97 Å². The molecular weight excluding hydrogens is 264 g/mol. The molecule has 0 bridgehead atoms. The summed E-state index contributed by atoms with van der Waals surface area (Å²) in [6.45, 7) is 0.436. The first-order chi connectivity index (χ1) is 9.08. The number of aromatic nitrogens is 1. The Labute approximate surface area is 114 Å². The van der Waals surface area contributed by atoms with Crippen molar-refractivity contribution in [1.29, 1.82) is 0 Å². The predicted octanol–water partition coefficient (Wildman–Crippen LogP) is 2.23. The summed E-state index contributed by atoms with van der Waals surface area (Å²) in [6.07, 6.45) is 0.534. The minimum absolute atomic E-state index is 0.0749. The van der Waals surface area contributed by atoms with Crippen LogP contribution < -0.4 is 0 Å². The highest BCUT2D eigenvalue weighted by Gasteiger charge is 2.12. The molecule has 0 unspecified atom stereocenters. The molecule has 0 atom stereocenters. The van der Waals surface area contributed by atoms with Gasteiger partial charge < -0.3 is 10.0 Å². The molecule has 19 heavy (non-hydrogen) atoms. The van der Waals surface area contributed by atoms with E-state index >= 15 is 0 Å². The third-order valence-corrected chi connectivity index (χ3v) is 3.60. The summed E-state index contributed by atoms with van der Waals surface area (Å²) >= 11 is 1.49. The summed E-state index contributed by atoms with van der Waals surface area (Å²) in [5.74, 6) is -0.937. The first-order valence-corrected chi connectivity index (χ1v) is 6.76. The van der Waals surface area contributed by atoms with Crippen molar-refractivity contribution in [2.24, 2.45) is 0 Å². The molecule has 1 aromatic heterocycles. The van der Waals surface area contributed by atoms with Crippen molar-refractivity contribution < 1.29 is 14.7 Å². The van der Waals surface area contributed by atoms with Gasteiger partial charge in [0.2, 0.25) is 0 Å². The Balaban J connectivity index is 2.03. The number of nitrogens with zero attached hydrogens (tertiary/aromatic N) is 2. The second kappa shape index (κ2) is 5.79. The monoisotopic (exact) mass is 278 g/mol. The maximum atomic E-state index is 12.1. The van der Waals surface area contributed by atoms with Crippen LogP contribution in [0.2, 0.25) is 0 Å². The topological polar surface area (TPSA) is 70.5 Å². The maximum Gasteiger partial charge on any atom is 0.303 e. The summed E-state index contributed by atoms with van der Waals surface area (Å²) in [5.41, 5.74) is 3.24. The van der Waals surface area contributed by atoms with E-state index in [2.05, 4.69) is 4.98 Å². The van der Waals surface area contributed by atoms with Gasteiger partial charge in [-0.25, -0.2) is 4.98 Å². The SMILES string of the molecule is CN(CCCC(=O)O)C(=O)c1ccc2ncsc2c1. The molecule has 1 aromatic carbocycles. The van der Waals surface area contributed by atoms with Gasteiger partial charge in [-0.3, -0.25) is 9.59 Å². The molecule has 0 spiro atoms. The average Bonchev–Trinajstić information content (AvgIpc) is 2.84. The number of rotatable bonds is 5. The van der Waals surface area contributed by atoms with E-state index in [0.717, 1.165) is 10.2 Å². The lowest BCUT2D eigenvalue weighted by Crippen LogP contribution is -2.28. The maximum absolute atomic E-state index is 12.1. The van der Waals surface area contributed by atoms with Crippen LogP contribution in [0.4, 0.5) is 0 Å². The van der Waals surface area contributed by atoms with Crippen molar-refractivity contribution in [1.82, 2.24) is 9.88 Å². The zero-order chi connectivity index (χ0) is 13.8. The van der Waals surface area contributed by atoms with Crippen molar-refractivity contribution in [2.45, 2.75) is 12.8 Å². The highest BCUT2D eigenvalue weighted by Crippen LogP contribution is 2.19. The molecule has 2 rings (SSSR count). The molecule has 0 aliphatic heterocycles. The Bertz CT molecular complexity index is 609. The molecule has 1 amide bonds. The largest absolute Gasteiger partial charge is 0.481 e. The summed E-state index contributed by atoms with van der Waals surface area (Å²) < 4.78 is 0.977. The molecule has 0 fully saturated rings. The number of aliphatic carboxylic acids is 1. The second-order valence-corrected chi connectivity index (χ2v) is 5.15. The van der Waals surface area contributed by atoms with E-state index in [9.17, 15) is 9.59 Å². The van der Waals surface area contributed by atoms with Gasteiger partial charge in [0.15, 0.2) is 0 Å². The Hall–Kier alpha value is -1.95. The van der Waals surface area contributed by atoms with Gasteiger partial charge in [0.1, 0.15) is 0 Å². The van der Waals surface area contributed by atoms with Crippen LogP contribution in [0.1, 0.15) is 23.2 Å². The van der Waals surface area contributed by atoms with Crippen LogP contribution in [-0.4, -0.2) is 40.5 Å². The first-order valence-electron chi connectivity index (χ1n) is 5.88. The highest BCUT2D eigenvalue weighted by molar-refractivity contribution is 7.16. The van der Waals surface area contributed by atoms with Crippen LogP contribution >= 0.6 is 11.3 Å². The fraction of sp³-hybridized carbons (Fsp3) is 0.308. The zero-order valence-electron chi connectivity index (χ0n) is 10.5. The van der Waals surface area contributed by atoms with Crippen LogP contribution in [-0.2, 0) is 4.79 Å². The molecule has 6 heteroatoms. The fourth-order valence-electron chi connectivity index (χ4n) is 1.78. The van der Waals surface area contributed by atoms with Gasteiger partial charge in [-0.15, -0.1) is 11.3 Å². The quantitative estimate of drug-likeness (QED) is 0.910. The van der Waals surface area contributed by atoms with Crippen LogP contribution in [0.3, 0.4) is 0 Å². The van der Waals surface area contributed by atoms with Gasteiger partial charge in [-0.05, 0) is 24.6 Å². The number of fused-ring (bicyclic) bond motifs is 1. The standard InChI is InChI=1S/C13H14N2O3S/c1-15(6-2-3-12(16)17)13(18)9-4-5-10-11(7-9)19-8-14-10/h4-5,7-8H,2-3,6H2,1H3,(H,16,17). The lowest BCUT2D eigenvalue weighted by Gasteiger charge is -2.16. The molecule has 0 radical (unpaired) electrons. The number of hydrogen-bond donors (Lipinski definition) is 1. The highest BCUT2D eigenvalue weighted by atomic mass is 32.1. The molecule has 2 aromatic rings. The van der Waals surface area contributed by atoms with E-state index in [0.29, 0.717) is 18.5 Å². The predicted molar refractivity (Wildman–Crippen MR) is 73.5 cm³/mol. The molecule has 0 aliphatic rings. The summed E-state index contributed by atoms with van der Waals surface area (Å²) in [6, 6.07) is 5.39. The van der Waals surface area contributed by atoms with Crippen molar-refractivity contribution in [3.63, 3.8) is 0 Å². The minimum atomic E-state index is -0.841. The van der Waals surface area contributed by atoms with Gasteiger partial charge in [0.25, 0.3) is 5.91 Å². The normalized spacial score (nSPS) is 10.6. The minimum Gasteiger partial charge on any atom is -0.481 e. The molecular formula is C13H14N2O3S. The van der Waals surface area contributed by atoms with Gasteiger partial charge in [0.05, 0.1) is 15.7 Å². The molecule has 5 nitrogen and oxygen atoms in total. The van der Waals surface area contributed by atoms with Crippen LogP contribution in [0.25, 0.3) is 10.2 Å². The average molecular weight is 278 g/mol. The molecule has 100 valence electrons. The van der Waals surface area contributed by atoms with E-state index in [4.69, 9.17) is 5.11 Å². The molecule has 1 N–H and O–H groups in total. The van der Waals surface area contributed by atoms with Gasteiger partial charge in [-0.2, -0.15) is 0 Å². The number of carboxylic acids is 1. The lowest BCUT2D eigenvalue weighted by atomic mass is 10.2. The third-order valence-electron chi connectivity index (χ3n) is 2.81. The summed E-state index contributed by atoms with van der Waals surface area (Å²) in [7, 11) is 1.68. The smallest absolute Gasteiger partial charge is 0.303 e. The lowest BCUT2D eigenvalue weighted by molar-refractivity contribution is -0.137. The van der Waals surface area contributed by atoms with E-state index in [1.165, 1.54) is 11.3 Å². The van der Waals surface area contributed by atoms with E-state index in [1.54, 1.807) is 23.5 Å². The van der Waals surface area contributed by atoms with Gasteiger partial charge in [0, 0.05) is 25.6 Å². The number of carbonyl (C=O) groups is 2. The Morgan fingerprint density at radius 3 is 2.95 bits per heavy atom. The van der Waals surface area contributed by atoms with Gasteiger partial charge in [-0.1, -0.05) is 0 Å². The third kappa shape index (κ3) is 3.29. The molecule has 0 aliphatic carbocycles. The van der Waals surface area contributed by atoms with Crippen LogP contribution in [0.5, 0.6) is 0 Å². The van der Waals surface area contributed by atoms with Crippen LogP contribution in [0.15, 0.2) is 23.7 Å². The Morgan fingerprint density at radius 2 is 2.21 bits per heavy atom. The number of carbonyl (C=O) groups excluding carboxylic acids is 1. The molecule has 1 heterocycles. The van der Waals surface area contributed by atoms with Crippen molar-refractivity contribution in [3.05, 3.63) is 29.3 Å². The van der Waals surface area contributed by atoms with Crippen LogP contribution in [0, 0.1) is 0 Å². The van der Waals surface area contributed by atoms with Crippen molar-refractivity contribution in [3.8, 4) is 0 Å². The summed E-state index contributed by atoms with van der Waals surface area (Å²) in [4.78, 5) is 28.3. The fourth-order valence-corrected chi connectivity index (χ4v) is 2.49. The Morgan fingerprint density at radius 1 is 1.42 bits per heavy atom.